The lowest BCUT2D eigenvalue weighted by Crippen LogP contribution is -2.50. The molecule has 1 saturated heterocycles. The normalized spacial score (nSPS) is 18.6. The van der Waals surface area contributed by atoms with E-state index >= 15 is 0 Å². The van der Waals surface area contributed by atoms with E-state index in [-0.39, 0.29) is 24.4 Å². The Morgan fingerprint density at radius 3 is 2.62 bits per heavy atom. The fourth-order valence-electron chi connectivity index (χ4n) is 2.75. The van der Waals surface area contributed by atoms with Crippen molar-refractivity contribution in [3.8, 4) is 0 Å². The second-order valence-corrected chi connectivity index (χ2v) is 5.95. The van der Waals surface area contributed by atoms with E-state index in [1.54, 1.807) is 43.0 Å². The molecule has 2 N–H and O–H groups in total. The van der Waals surface area contributed by atoms with E-state index in [4.69, 9.17) is 0 Å². The van der Waals surface area contributed by atoms with E-state index in [2.05, 4.69) is 5.32 Å². The largest absolute Gasteiger partial charge is 0.388 e. The monoisotopic (exact) mass is 290 g/mol. The Bertz CT molecular complexity index is 508. The van der Waals surface area contributed by atoms with E-state index in [0.29, 0.717) is 12.1 Å². The maximum Gasteiger partial charge on any atom is 0.251 e. The lowest BCUT2D eigenvalue weighted by molar-refractivity contribution is -0.135. The first kappa shape index (κ1) is 15.5. The van der Waals surface area contributed by atoms with Gasteiger partial charge in [-0.15, -0.1) is 0 Å². The van der Waals surface area contributed by atoms with Gasteiger partial charge in [0.15, 0.2) is 0 Å². The van der Waals surface area contributed by atoms with Crippen LogP contribution in [-0.2, 0) is 4.79 Å². The van der Waals surface area contributed by atoms with Crippen molar-refractivity contribution >= 4 is 11.8 Å². The van der Waals surface area contributed by atoms with Gasteiger partial charge in [-0.3, -0.25) is 9.59 Å². The maximum absolute atomic E-state index is 12.2. The minimum absolute atomic E-state index is 0.0414. The summed E-state index contributed by atoms with van der Waals surface area (Å²) in [6.07, 6.45) is 1.68. The first-order valence-corrected chi connectivity index (χ1v) is 7.24. The number of carbonyl (C=O) groups excluding carboxylic acids is 2. The summed E-state index contributed by atoms with van der Waals surface area (Å²) in [7, 11) is 0. The van der Waals surface area contributed by atoms with E-state index in [0.717, 1.165) is 12.8 Å². The van der Waals surface area contributed by atoms with Crippen LogP contribution < -0.4 is 5.32 Å². The third-order valence-corrected chi connectivity index (χ3v) is 3.82. The zero-order chi connectivity index (χ0) is 15.5. The van der Waals surface area contributed by atoms with Crippen LogP contribution in [0.1, 0.15) is 37.0 Å². The molecule has 0 aliphatic carbocycles. The Hall–Kier alpha value is -1.88. The lowest BCUT2D eigenvalue weighted by Gasteiger charge is -2.33. The highest BCUT2D eigenvalue weighted by atomic mass is 16.3. The van der Waals surface area contributed by atoms with Gasteiger partial charge in [0.25, 0.3) is 5.91 Å². The molecular formula is C16H22N2O3. The van der Waals surface area contributed by atoms with Crippen LogP contribution in [0.5, 0.6) is 0 Å². The molecule has 5 nitrogen and oxygen atoms in total. The minimum Gasteiger partial charge on any atom is -0.388 e. The molecule has 1 aromatic carbocycles. The van der Waals surface area contributed by atoms with E-state index in [1.807, 2.05) is 6.07 Å². The lowest BCUT2D eigenvalue weighted by atomic mass is 9.96. The fraction of sp³-hybridized carbons (Fsp3) is 0.500. The summed E-state index contributed by atoms with van der Waals surface area (Å²) in [5, 5.41) is 12.7. The molecule has 1 aliphatic heterocycles. The molecule has 2 rings (SSSR count). The van der Waals surface area contributed by atoms with Gasteiger partial charge in [0.1, 0.15) is 0 Å². The number of rotatable bonds is 4. The number of likely N-dealkylation sites (tertiary alicyclic amines) is 1. The van der Waals surface area contributed by atoms with E-state index in [9.17, 15) is 14.7 Å². The van der Waals surface area contributed by atoms with E-state index < -0.39 is 5.60 Å². The smallest absolute Gasteiger partial charge is 0.251 e. The van der Waals surface area contributed by atoms with Gasteiger partial charge in [-0.1, -0.05) is 18.2 Å². The number of benzene rings is 1. The van der Waals surface area contributed by atoms with Gasteiger partial charge in [-0.2, -0.15) is 0 Å². The standard InChI is InChI=1S/C16H22N2O3/c1-16(2,21)13-9-6-10-18(13)14(19)11-17-15(20)12-7-4-3-5-8-12/h3-5,7-8,13,21H,6,9-11H2,1-2H3,(H,17,20). The van der Waals surface area contributed by atoms with Crippen molar-refractivity contribution < 1.29 is 14.7 Å². The number of aliphatic hydroxyl groups is 1. The zero-order valence-corrected chi connectivity index (χ0v) is 12.5. The van der Waals surface area contributed by atoms with Crippen molar-refractivity contribution in [3.05, 3.63) is 35.9 Å². The van der Waals surface area contributed by atoms with Gasteiger partial charge < -0.3 is 15.3 Å². The summed E-state index contributed by atoms with van der Waals surface area (Å²) in [4.78, 5) is 25.8. The first-order chi connectivity index (χ1) is 9.89. The topological polar surface area (TPSA) is 69.6 Å². The molecule has 5 heteroatoms. The number of hydrogen-bond donors (Lipinski definition) is 2. The SMILES string of the molecule is CC(C)(O)C1CCCN1C(=O)CNC(=O)c1ccccc1. The Morgan fingerprint density at radius 2 is 2.00 bits per heavy atom. The van der Waals surface area contributed by atoms with Crippen LogP contribution in [0, 0.1) is 0 Å². The molecule has 0 spiro atoms. The predicted octanol–water partition coefficient (Wildman–Crippen LogP) is 1.18. The van der Waals surface area contributed by atoms with Crippen LogP contribution in [-0.4, -0.2) is 46.6 Å². The summed E-state index contributed by atoms with van der Waals surface area (Å²) < 4.78 is 0. The van der Waals surface area contributed by atoms with Crippen molar-refractivity contribution in [2.24, 2.45) is 0 Å². The van der Waals surface area contributed by atoms with Crippen molar-refractivity contribution in [2.45, 2.75) is 38.3 Å². The summed E-state index contributed by atoms with van der Waals surface area (Å²) in [6, 6.07) is 8.62. The molecule has 0 aromatic heterocycles. The van der Waals surface area contributed by atoms with Crippen molar-refractivity contribution in [2.75, 3.05) is 13.1 Å². The highest BCUT2D eigenvalue weighted by Crippen LogP contribution is 2.26. The highest BCUT2D eigenvalue weighted by Gasteiger charge is 2.38. The second-order valence-electron chi connectivity index (χ2n) is 5.95. The second kappa shape index (κ2) is 6.26. The number of nitrogens with one attached hydrogen (secondary N) is 1. The molecule has 0 bridgehead atoms. The molecule has 0 saturated carbocycles. The van der Waals surface area contributed by atoms with Crippen molar-refractivity contribution in [1.82, 2.24) is 10.2 Å². The Kier molecular flexibility index (Phi) is 4.63. The molecule has 114 valence electrons. The minimum atomic E-state index is -0.921. The van der Waals surface area contributed by atoms with Crippen LogP contribution in [0.2, 0.25) is 0 Å². The average molecular weight is 290 g/mol. The Morgan fingerprint density at radius 1 is 1.33 bits per heavy atom. The van der Waals surface area contributed by atoms with Crippen molar-refractivity contribution in [3.63, 3.8) is 0 Å². The number of nitrogens with zero attached hydrogens (tertiary/aromatic N) is 1. The Balaban J connectivity index is 1.91. The number of hydrogen-bond acceptors (Lipinski definition) is 3. The average Bonchev–Trinajstić information content (AvgIpc) is 2.95. The third kappa shape index (κ3) is 3.82. The molecule has 1 unspecified atom stereocenters. The van der Waals surface area contributed by atoms with Gasteiger partial charge in [0.05, 0.1) is 18.2 Å². The van der Waals surface area contributed by atoms with Gasteiger partial charge in [-0.25, -0.2) is 0 Å². The maximum atomic E-state index is 12.2. The summed E-state index contributed by atoms with van der Waals surface area (Å²) in [6.45, 7) is 4.02. The zero-order valence-electron chi connectivity index (χ0n) is 12.5. The summed E-state index contributed by atoms with van der Waals surface area (Å²) in [5.41, 5.74) is -0.388. The van der Waals surface area contributed by atoms with Crippen LogP contribution in [0.4, 0.5) is 0 Å². The first-order valence-electron chi connectivity index (χ1n) is 7.24. The van der Waals surface area contributed by atoms with Gasteiger partial charge >= 0.3 is 0 Å². The molecule has 0 radical (unpaired) electrons. The Labute approximate surface area is 125 Å². The van der Waals surface area contributed by atoms with Gasteiger partial charge in [-0.05, 0) is 38.8 Å². The summed E-state index contributed by atoms with van der Waals surface area (Å²) >= 11 is 0. The highest BCUT2D eigenvalue weighted by molar-refractivity contribution is 5.96. The molecule has 1 fully saturated rings. The predicted molar refractivity (Wildman–Crippen MR) is 79.8 cm³/mol. The molecule has 1 heterocycles. The third-order valence-electron chi connectivity index (χ3n) is 3.82. The van der Waals surface area contributed by atoms with Crippen LogP contribution >= 0.6 is 0 Å². The van der Waals surface area contributed by atoms with Crippen LogP contribution in [0.3, 0.4) is 0 Å². The number of carbonyl (C=O) groups is 2. The number of amides is 2. The van der Waals surface area contributed by atoms with Crippen LogP contribution in [0.25, 0.3) is 0 Å². The van der Waals surface area contributed by atoms with Crippen molar-refractivity contribution in [1.29, 1.82) is 0 Å². The molecule has 21 heavy (non-hydrogen) atoms. The molecule has 2 amide bonds. The quantitative estimate of drug-likeness (QED) is 0.875. The van der Waals surface area contributed by atoms with Crippen LogP contribution in [0.15, 0.2) is 30.3 Å². The molecule has 1 atom stereocenters. The molecular weight excluding hydrogens is 268 g/mol. The van der Waals surface area contributed by atoms with E-state index in [1.165, 1.54) is 0 Å². The van der Waals surface area contributed by atoms with Gasteiger partial charge in [0.2, 0.25) is 5.91 Å². The molecule has 1 aliphatic rings. The van der Waals surface area contributed by atoms with Gasteiger partial charge in [0, 0.05) is 12.1 Å². The molecule has 1 aromatic rings. The fourth-order valence-corrected chi connectivity index (χ4v) is 2.75. The summed E-state index contributed by atoms with van der Waals surface area (Å²) in [5.74, 6) is -0.410.